The van der Waals surface area contributed by atoms with Gasteiger partial charge in [-0.3, -0.25) is 0 Å². The molecule has 0 spiro atoms. The molecular formula is C13H22N4. The van der Waals surface area contributed by atoms with Gasteiger partial charge in [0.25, 0.3) is 0 Å². The first-order valence-corrected chi connectivity index (χ1v) is 6.52. The summed E-state index contributed by atoms with van der Waals surface area (Å²) in [6.45, 7) is 6.54. The van der Waals surface area contributed by atoms with Crippen LogP contribution in [-0.4, -0.2) is 36.1 Å². The molecule has 0 bridgehead atoms. The highest BCUT2D eigenvalue weighted by Gasteiger charge is 2.26. The molecule has 94 valence electrons. The van der Waals surface area contributed by atoms with Crippen LogP contribution in [0.4, 0.5) is 5.82 Å². The lowest BCUT2D eigenvalue weighted by Crippen LogP contribution is -2.57. The maximum atomic E-state index is 4.41. The van der Waals surface area contributed by atoms with E-state index in [1.165, 1.54) is 5.69 Å². The Bertz CT molecular complexity index is 356. The average Bonchev–Trinajstić information content (AvgIpc) is 2.30. The minimum absolute atomic E-state index is 0.568. The summed E-state index contributed by atoms with van der Waals surface area (Å²) < 4.78 is 0. The third-order valence-electron chi connectivity index (χ3n) is 3.69. The van der Waals surface area contributed by atoms with Crippen molar-refractivity contribution in [2.24, 2.45) is 0 Å². The third kappa shape index (κ3) is 2.57. The van der Waals surface area contributed by atoms with Crippen LogP contribution in [0.3, 0.4) is 0 Å². The van der Waals surface area contributed by atoms with Crippen LogP contribution in [0.25, 0.3) is 0 Å². The van der Waals surface area contributed by atoms with Crippen molar-refractivity contribution in [3.05, 3.63) is 18.1 Å². The zero-order valence-electron chi connectivity index (χ0n) is 11.0. The van der Waals surface area contributed by atoms with Gasteiger partial charge in [0.15, 0.2) is 0 Å². The zero-order valence-corrected chi connectivity index (χ0v) is 11.0. The molecule has 0 atom stereocenters. The Labute approximate surface area is 103 Å². The van der Waals surface area contributed by atoms with E-state index in [9.17, 15) is 0 Å². The average molecular weight is 234 g/mol. The van der Waals surface area contributed by atoms with Crippen LogP contribution in [0.2, 0.25) is 0 Å². The summed E-state index contributed by atoms with van der Waals surface area (Å²) >= 11 is 0. The molecule has 0 radical (unpaired) electrons. The van der Waals surface area contributed by atoms with Gasteiger partial charge in [-0.1, -0.05) is 13.8 Å². The van der Waals surface area contributed by atoms with Gasteiger partial charge in [0, 0.05) is 36.8 Å². The summed E-state index contributed by atoms with van der Waals surface area (Å²) in [5.74, 6) is 1.64. The highest BCUT2D eigenvalue weighted by Crippen LogP contribution is 2.25. The van der Waals surface area contributed by atoms with Gasteiger partial charge in [0.2, 0.25) is 0 Å². The van der Waals surface area contributed by atoms with Crippen LogP contribution in [0.5, 0.6) is 0 Å². The van der Waals surface area contributed by atoms with E-state index in [1.54, 1.807) is 6.33 Å². The van der Waals surface area contributed by atoms with Gasteiger partial charge < -0.3 is 10.2 Å². The topological polar surface area (TPSA) is 41.0 Å². The van der Waals surface area contributed by atoms with Crippen molar-refractivity contribution in [2.75, 3.05) is 25.0 Å². The largest absolute Gasteiger partial charge is 0.353 e. The molecule has 1 N–H and O–H groups in total. The predicted octanol–water partition coefficient (Wildman–Crippen LogP) is 1.79. The molecule has 1 aliphatic rings. The number of hydrogen-bond acceptors (Lipinski definition) is 4. The van der Waals surface area contributed by atoms with E-state index < -0.39 is 0 Å². The van der Waals surface area contributed by atoms with Gasteiger partial charge in [-0.05, 0) is 19.9 Å². The Morgan fingerprint density at radius 1 is 1.35 bits per heavy atom. The second-order valence-corrected chi connectivity index (χ2v) is 4.71. The lowest BCUT2D eigenvalue weighted by atomic mass is 9.99. The lowest BCUT2D eigenvalue weighted by molar-refractivity contribution is 0.446. The van der Waals surface area contributed by atoms with E-state index in [1.807, 2.05) is 7.05 Å². The lowest BCUT2D eigenvalue weighted by Gasteiger charge is -2.40. The van der Waals surface area contributed by atoms with Gasteiger partial charge in [-0.2, -0.15) is 0 Å². The Hall–Kier alpha value is -1.16. The number of hydrogen-bond donors (Lipinski definition) is 1. The summed E-state index contributed by atoms with van der Waals surface area (Å²) in [5.41, 5.74) is 1.19. The highest BCUT2D eigenvalue weighted by molar-refractivity contribution is 5.43. The van der Waals surface area contributed by atoms with Crippen LogP contribution in [0.1, 0.15) is 38.3 Å². The van der Waals surface area contributed by atoms with E-state index in [0.717, 1.165) is 31.7 Å². The molecular weight excluding hydrogens is 212 g/mol. The molecule has 0 aromatic carbocycles. The molecule has 0 aliphatic carbocycles. The third-order valence-corrected chi connectivity index (χ3v) is 3.69. The van der Waals surface area contributed by atoms with Crippen LogP contribution in [0.15, 0.2) is 12.4 Å². The Morgan fingerprint density at radius 3 is 2.65 bits per heavy atom. The summed E-state index contributed by atoms with van der Waals surface area (Å²) in [4.78, 5) is 11.1. The quantitative estimate of drug-likeness (QED) is 0.843. The van der Waals surface area contributed by atoms with Crippen molar-refractivity contribution in [2.45, 2.75) is 38.6 Å². The maximum Gasteiger partial charge on any atom is 0.132 e. The van der Waals surface area contributed by atoms with Crippen molar-refractivity contribution >= 4 is 5.82 Å². The molecule has 1 saturated heterocycles. The van der Waals surface area contributed by atoms with Crippen molar-refractivity contribution < 1.29 is 0 Å². The summed E-state index contributed by atoms with van der Waals surface area (Å²) in [5, 5.41) is 3.28. The summed E-state index contributed by atoms with van der Waals surface area (Å²) in [6.07, 6.45) is 3.99. The van der Waals surface area contributed by atoms with Crippen molar-refractivity contribution in [1.29, 1.82) is 0 Å². The molecule has 1 aromatic rings. The van der Waals surface area contributed by atoms with Crippen LogP contribution in [-0.2, 0) is 0 Å². The fourth-order valence-corrected chi connectivity index (χ4v) is 2.31. The summed E-state index contributed by atoms with van der Waals surface area (Å²) in [7, 11) is 2.01. The fraction of sp³-hybridized carbons (Fsp3) is 0.692. The number of nitrogens with one attached hydrogen (secondary N) is 1. The molecule has 0 amide bonds. The molecule has 4 nitrogen and oxygen atoms in total. The monoisotopic (exact) mass is 234 g/mol. The summed E-state index contributed by atoms with van der Waals surface area (Å²) in [6, 6.07) is 2.77. The molecule has 0 unspecified atom stereocenters. The SMILES string of the molecule is CCC(CC)c1cc(N2CC(NC)C2)ncn1. The molecule has 1 fully saturated rings. The van der Waals surface area contributed by atoms with Crippen LogP contribution >= 0.6 is 0 Å². The van der Waals surface area contributed by atoms with E-state index in [2.05, 4.69) is 40.1 Å². The Kier molecular flexibility index (Phi) is 3.94. The smallest absolute Gasteiger partial charge is 0.132 e. The zero-order chi connectivity index (χ0) is 12.3. The van der Waals surface area contributed by atoms with Gasteiger partial charge in [-0.25, -0.2) is 9.97 Å². The van der Waals surface area contributed by atoms with Gasteiger partial charge in [0.1, 0.15) is 12.1 Å². The molecule has 1 aliphatic heterocycles. The fourth-order valence-electron chi connectivity index (χ4n) is 2.31. The number of likely N-dealkylation sites (N-methyl/N-ethyl adjacent to an activating group) is 1. The predicted molar refractivity (Wildman–Crippen MR) is 70.4 cm³/mol. The molecule has 17 heavy (non-hydrogen) atoms. The van der Waals surface area contributed by atoms with Crippen molar-refractivity contribution in [3.8, 4) is 0 Å². The first-order chi connectivity index (χ1) is 8.28. The highest BCUT2D eigenvalue weighted by atomic mass is 15.3. The van der Waals surface area contributed by atoms with Crippen LogP contribution in [0, 0.1) is 0 Å². The Balaban J connectivity index is 2.07. The Morgan fingerprint density at radius 2 is 2.06 bits per heavy atom. The van der Waals surface area contributed by atoms with E-state index >= 15 is 0 Å². The number of aromatic nitrogens is 2. The second kappa shape index (κ2) is 5.45. The van der Waals surface area contributed by atoms with Crippen molar-refractivity contribution in [1.82, 2.24) is 15.3 Å². The molecule has 4 heteroatoms. The minimum Gasteiger partial charge on any atom is -0.353 e. The standard InChI is InChI=1S/C13H22N4/c1-4-10(5-2)12-6-13(16-9-15-12)17-7-11(8-17)14-3/h6,9-11,14H,4-5,7-8H2,1-3H3. The number of nitrogens with zero attached hydrogens (tertiary/aromatic N) is 3. The van der Waals surface area contributed by atoms with E-state index in [-0.39, 0.29) is 0 Å². The normalized spacial score (nSPS) is 16.4. The molecule has 0 saturated carbocycles. The first kappa shape index (κ1) is 12.3. The maximum absolute atomic E-state index is 4.41. The van der Waals surface area contributed by atoms with Crippen molar-refractivity contribution in [3.63, 3.8) is 0 Å². The molecule has 2 rings (SSSR count). The second-order valence-electron chi connectivity index (χ2n) is 4.71. The number of anilines is 1. The number of rotatable bonds is 5. The van der Waals surface area contributed by atoms with E-state index in [4.69, 9.17) is 0 Å². The first-order valence-electron chi connectivity index (χ1n) is 6.52. The van der Waals surface area contributed by atoms with Crippen LogP contribution < -0.4 is 10.2 Å². The van der Waals surface area contributed by atoms with Gasteiger partial charge in [0.05, 0.1) is 0 Å². The molecule has 2 heterocycles. The van der Waals surface area contributed by atoms with Gasteiger partial charge >= 0.3 is 0 Å². The van der Waals surface area contributed by atoms with Gasteiger partial charge in [-0.15, -0.1) is 0 Å². The minimum atomic E-state index is 0.568. The van der Waals surface area contributed by atoms with E-state index in [0.29, 0.717) is 12.0 Å². The molecule has 1 aromatic heterocycles.